The summed E-state index contributed by atoms with van der Waals surface area (Å²) in [6.45, 7) is 1.18. The molecule has 0 spiro atoms. The van der Waals surface area contributed by atoms with Crippen LogP contribution in [0.3, 0.4) is 0 Å². The van der Waals surface area contributed by atoms with Crippen LogP contribution in [-0.4, -0.2) is 29.6 Å². The van der Waals surface area contributed by atoms with Gasteiger partial charge in [-0.3, -0.25) is 20.4 Å². The highest BCUT2D eigenvalue weighted by atomic mass is 35.5. The average molecular weight is 373 g/mol. The van der Waals surface area contributed by atoms with Crippen LogP contribution in [0.15, 0.2) is 42.5 Å². The molecule has 8 heteroatoms. The Bertz CT molecular complexity index is 850. The summed E-state index contributed by atoms with van der Waals surface area (Å²) >= 11 is 6.09. The van der Waals surface area contributed by atoms with E-state index in [4.69, 9.17) is 16.9 Å². The molecule has 0 saturated heterocycles. The zero-order valence-corrected chi connectivity index (χ0v) is 14.7. The van der Waals surface area contributed by atoms with Crippen molar-refractivity contribution in [3.63, 3.8) is 0 Å². The number of anilines is 1. The molecule has 2 aromatic carbocycles. The average Bonchev–Trinajstić information content (AvgIpc) is 2.67. The van der Waals surface area contributed by atoms with Crippen LogP contribution < -0.4 is 16.2 Å². The molecule has 0 aliphatic carbocycles. The molecule has 0 bridgehead atoms. The minimum absolute atomic E-state index is 0.270. The van der Waals surface area contributed by atoms with Gasteiger partial charge in [0.15, 0.2) is 0 Å². The zero-order chi connectivity index (χ0) is 19.1. The molecule has 4 N–H and O–H groups in total. The number of carbonyl (C=O) groups excluding carboxylic acids is 2. The van der Waals surface area contributed by atoms with Crippen molar-refractivity contribution in [2.75, 3.05) is 11.9 Å². The van der Waals surface area contributed by atoms with E-state index in [0.717, 1.165) is 0 Å². The van der Waals surface area contributed by atoms with Gasteiger partial charge in [-0.1, -0.05) is 29.8 Å². The van der Waals surface area contributed by atoms with Gasteiger partial charge >= 0.3 is 0 Å². The highest BCUT2D eigenvalue weighted by molar-refractivity contribution is 6.32. The molecule has 134 valence electrons. The molecule has 7 nitrogen and oxygen atoms in total. The topological polar surface area (TPSA) is 114 Å². The normalized spacial score (nSPS) is 11.2. The number of hydrogen-bond donors (Lipinski definition) is 4. The molecule has 2 amide bonds. The summed E-state index contributed by atoms with van der Waals surface area (Å²) in [6.07, 6.45) is 0. The van der Waals surface area contributed by atoms with Gasteiger partial charge in [-0.2, -0.15) is 5.26 Å². The van der Waals surface area contributed by atoms with E-state index in [1.54, 1.807) is 43.3 Å². The van der Waals surface area contributed by atoms with Crippen LogP contribution in [0.1, 0.15) is 21.5 Å². The first-order valence-corrected chi connectivity index (χ1v) is 8.07. The van der Waals surface area contributed by atoms with E-state index in [1.807, 2.05) is 6.07 Å². The second-order valence-corrected chi connectivity index (χ2v) is 5.78. The summed E-state index contributed by atoms with van der Waals surface area (Å²) in [5.74, 6) is -1.11. The van der Waals surface area contributed by atoms with Crippen LogP contribution in [-0.2, 0) is 4.79 Å². The predicted molar refractivity (Wildman–Crippen MR) is 97.5 cm³/mol. The molecule has 2 rings (SSSR count). The Hall–Kier alpha value is -3.08. The molecule has 1 atom stereocenters. The molecule has 0 aliphatic rings. The fraction of sp³-hybridized carbons (Fsp3) is 0.167. The Morgan fingerprint density at radius 2 is 1.88 bits per heavy atom. The lowest BCUT2D eigenvalue weighted by Crippen LogP contribution is -2.50. The second-order valence-electron chi connectivity index (χ2n) is 5.40. The quantitative estimate of drug-likeness (QED) is 0.597. The van der Waals surface area contributed by atoms with Crippen LogP contribution in [0.25, 0.3) is 0 Å². The minimum Gasteiger partial charge on any atom is -0.394 e. The van der Waals surface area contributed by atoms with E-state index in [9.17, 15) is 14.7 Å². The number of aliphatic hydroxyl groups excluding tert-OH is 1. The maximum Gasteiger partial charge on any atom is 0.269 e. The van der Waals surface area contributed by atoms with Crippen molar-refractivity contribution in [2.24, 2.45) is 0 Å². The first-order valence-electron chi connectivity index (χ1n) is 7.69. The molecular weight excluding hydrogens is 356 g/mol. The standard InChI is InChI=1S/C18H17ClN4O3/c1-11-14(8-7-13(9-20)16(11)19)21-15(10-24)18(26)23-22-17(25)12-5-3-2-4-6-12/h2-8,15,21,24H,10H2,1H3,(H,22,25)(H,23,26)/t15-/m1/s1. The summed E-state index contributed by atoms with van der Waals surface area (Å²) in [5.41, 5.74) is 6.32. The van der Waals surface area contributed by atoms with Crippen LogP contribution in [0, 0.1) is 18.3 Å². The van der Waals surface area contributed by atoms with Gasteiger partial charge in [0.2, 0.25) is 0 Å². The van der Waals surface area contributed by atoms with E-state index in [-0.39, 0.29) is 5.02 Å². The van der Waals surface area contributed by atoms with Gasteiger partial charge in [0.1, 0.15) is 12.1 Å². The van der Waals surface area contributed by atoms with Crippen LogP contribution in [0.2, 0.25) is 5.02 Å². The Labute approximate surface area is 155 Å². The first-order chi connectivity index (χ1) is 12.5. The van der Waals surface area contributed by atoms with E-state index < -0.39 is 24.5 Å². The largest absolute Gasteiger partial charge is 0.394 e. The number of benzene rings is 2. The van der Waals surface area contributed by atoms with Crippen molar-refractivity contribution in [3.8, 4) is 6.07 Å². The molecule has 0 radical (unpaired) electrons. The van der Waals surface area contributed by atoms with Gasteiger partial charge in [-0.15, -0.1) is 0 Å². The summed E-state index contributed by atoms with van der Waals surface area (Å²) in [6, 6.07) is 12.4. The molecule has 0 unspecified atom stereocenters. The third-order valence-corrected chi connectivity index (χ3v) is 4.16. The summed E-state index contributed by atoms with van der Waals surface area (Å²) in [4.78, 5) is 24.1. The maximum absolute atomic E-state index is 12.2. The Morgan fingerprint density at radius 3 is 2.50 bits per heavy atom. The number of rotatable bonds is 5. The third kappa shape index (κ3) is 4.51. The number of amides is 2. The molecule has 0 aliphatic heterocycles. The Kier molecular flexibility index (Phi) is 6.55. The number of aliphatic hydroxyl groups is 1. The highest BCUT2D eigenvalue weighted by Crippen LogP contribution is 2.27. The van der Waals surface area contributed by atoms with Gasteiger partial charge in [-0.05, 0) is 36.8 Å². The fourth-order valence-electron chi connectivity index (χ4n) is 2.18. The summed E-state index contributed by atoms with van der Waals surface area (Å²) in [5, 5.41) is 21.6. The summed E-state index contributed by atoms with van der Waals surface area (Å²) in [7, 11) is 0. The van der Waals surface area contributed by atoms with Gasteiger partial charge in [0.25, 0.3) is 11.8 Å². The van der Waals surface area contributed by atoms with E-state index in [0.29, 0.717) is 22.4 Å². The molecule has 0 heterocycles. The number of hydrazine groups is 1. The molecule has 0 saturated carbocycles. The lowest BCUT2D eigenvalue weighted by atomic mass is 10.1. The molecule has 0 aromatic heterocycles. The van der Waals surface area contributed by atoms with Crippen LogP contribution >= 0.6 is 11.6 Å². The highest BCUT2D eigenvalue weighted by Gasteiger charge is 2.20. The Morgan fingerprint density at radius 1 is 1.19 bits per heavy atom. The smallest absolute Gasteiger partial charge is 0.269 e. The van der Waals surface area contributed by atoms with Crippen molar-refractivity contribution < 1.29 is 14.7 Å². The predicted octanol–water partition coefficient (Wildman–Crippen LogP) is 1.75. The molecular formula is C18H17ClN4O3. The third-order valence-electron chi connectivity index (χ3n) is 3.67. The number of hydrogen-bond acceptors (Lipinski definition) is 5. The Balaban J connectivity index is 2.02. The first kappa shape index (κ1) is 19.2. The van der Waals surface area contributed by atoms with Crippen molar-refractivity contribution in [1.29, 1.82) is 5.26 Å². The lowest BCUT2D eigenvalue weighted by molar-refractivity contribution is -0.123. The van der Waals surface area contributed by atoms with E-state index in [1.165, 1.54) is 6.07 Å². The maximum atomic E-state index is 12.2. The van der Waals surface area contributed by atoms with Crippen molar-refractivity contribution in [3.05, 3.63) is 64.2 Å². The molecule has 26 heavy (non-hydrogen) atoms. The van der Waals surface area contributed by atoms with Crippen molar-refractivity contribution >= 4 is 29.1 Å². The van der Waals surface area contributed by atoms with Crippen molar-refractivity contribution in [2.45, 2.75) is 13.0 Å². The number of nitrogens with zero attached hydrogens (tertiary/aromatic N) is 1. The van der Waals surface area contributed by atoms with Gasteiger partial charge < -0.3 is 10.4 Å². The van der Waals surface area contributed by atoms with E-state index >= 15 is 0 Å². The number of halogens is 1. The second kappa shape index (κ2) is 8.85. The van der Waals surface area contributed by atoms with Gasteiger partial charge in [-0.25, -0.2) is 0 Å². The van der Waals surface area contributed by atoms with Crippen LogP contribution in [0.5, 0.6) is 0 Å². The van der Waals surface area contributed by atoms with Gasteiger partial charge in [0.05, 0.1) is 17.2 Å². The summed E-state index contributed by atoms with van der Waals surface area (Å²) < 4.78 is 0. The zero-order valence-electron chi connectivity index (χ0n) is 13.9. The number of nitrogens with one attached hydrogen (secondary N) is 3. The molecule has 2 aromatic rings. The monoisotopic (exact) mass is 372 g/mol. The lowest BCUT2D eigenvalue weighted by Gasteiger charge is -2.19. The van der Waals surface area contributed by atoms with Gasteiger partial charge in [0, 0.05) is 11.3 Å². The number of nitriles is 1. The molecule has 0 fully saturated rings. The number of carbonyl (C=O) groups is 2. The SMILES string of the molecule is Cc1c(N[C@H](CO)C(=O)NNC(=O)c2ccccc2)ccc(C#N)c1Cl. The van der Waals surface area contributed by atoms with E-state index in [2.05, 4.69) is 16.2 Å². The fourth-order valence-corrected chi connectivity index (χ4v) is 2.38. The van der Waals surface area contributed by atoms with Crippen molar-refractivity contribution in [1.82, 2.24) is 10.9 Å². The minimum atomic E-state index is -1.02. The van der Waals surface area contributed by atoms with Crippen LogP contribution in [0.4, 0.5) is 5.69 Å².